The molecule has 0 spiro atoms. The maximum atomic E-state index is 12.3. The van der Waals surface area contributed by atoms with E-state index in [9.17, 15) is 4.79 Å². The molecule has 0 fully saturated rings. The Morgan fingerprint density at radius 2 is 1.91 bits per heavy atom. The quantitative estimate of drug-likeness (QED) is 0.943. The van der Waals surface area contributed by atoms with Crippen LogP contribution in [0.4, 0.5) is 11.5 Å². The standard InChI is InChI=1S/C18H20N4O/c1-12-7-13(2)18(14(3)8-12)21-17(23)11-22(4)16-9-15(10-19)5-6-20-16/h5-9H,11H2,1-4H3,(H,21,23). The van der Waals surface area contributed by atoms with Crippen molar-refractivity contribution in [1.82, 2.24) is 4.98 Å². The summed E-state index contributed by atoms with van der Waals surface area (Å²) in [5.41, 5.74) is 4.64. The molecule has 0 radical (unpaired) electrons. The first-order valence-electron chi connectivity index (χ1n) is 7.35. The van der Waals surface area contributed by atoms with Gasteiger partial charge in [-0.2, -0.15) is 5.26 Å². The van der Waals surface area contributed by atoms with E-state index in [4.69, 9.17) is 5.26 Å². The second-order valence-electron chi connectivity index (χ2n) is 5.69. The van der Waals surface area contributed by atoms with Gasteiger partial charge in [-0.15, -0.1) is 0 Å². The van der Waals surface area contributed by atoms with Crippen molar-refractivity contribution in [1.29, 1.82) is 5.26 Å². The van der Waals surface area contributed by atoms with Crippen molar-refractivity contribution in [2.45, 2.75) is 20.8 Å². The SMILES string of the molecule is Cc1cc(C)c(NC(=O)CN(C)c2cc(C#N)ccn2)c(C)c1. The topological polar surface area (TPSA) is 69.0 Å². The molecular formula is C18H20N4O. The van der Waals surface area contributed by atoms with Gasteiger partial charge in [0.05, 0.1) is 18.2 Å². The molecule has 0 saturated carbocycles. The zero-order chi connectivity index (χ0) is 17.0. The molecule has 0 atom stereocenters. The summed E-state index contributed by atoms with van der Waals surface area (Å²) in [6.07, 6.45) is 1.57. The molecule has 5 nitrogen and oxygen atoms in total. The molecule has 0 saturated heterocycles. The Morgan fingerprint density at radius 3 is 2.52 bits per heavy atom. The second-order valence-corrected chi connectivity index (χ2v) is 5.69. The van der Waals surface area contributed by atoms with Gasteiger partial charge < -0.3 is 10.2 Å². The largest absolute Gasteiger partial charge is 0.350 e. The number of aromatic nitrogens is 1. The van der Waals surface area contributed by atoms with Gasteiger partial charge in [0.2, 0.25) is 5.91 Å². The average Bonchev–Trinajstić information content (AvgIpc) is 2.50. The lowest BCUT2D eigenvalue weighted by Gasteiger charge is -2.19. The Balaban J connectivity index is 2.09. The maximum Gasteiger partial charge on any atom is 0.243 e. The molecule has 0 bridgehead atoms. The van der Waals surface area contributed by atoms with E-state index < -0.39 is 0 Å². The van der Waals surface area contributed by atoms with Gasteiger partial charge in [0.15, 0.2) is 0 Å². The second kappa shape index (κ2) is 6.93. The number of amides is 1. The van der Waals surface area contributed by atoms with Crippen molar-refractivity contribution in [2.75, 3.05) is 23.8 Å². The van der Waals surface area contributed by atoms with Gasteiger partial charge in [-0.05, 0) is 44.0 Å². The number of hydrogen-bond acceptors (Lipinski definition) is 4. The number of likely N-dealkylation sites (N-methyl/N-ethyl adjacent to an activating group) is 1. The number of rotatable bonds is 4. The highest BCUT2D eigenvalue weighted by Gasteiger charge is 2.12. The lowest BCUT2D eigenvalue weighted by atomic mass is 10.1. The minimum Gasteiger partial charge on any atom is -0.350 e. The number of carbonyl (C=O) groups is 1. The van der Waals surface area contributed by atoms with Crippen LogP contribution in [0.1, 0.15) is 22.3 Å². The number of carbonyl (C=O) groups excluding carboxylic acids is 1. The highest BCUT2D eigenvalue weighted by atomic mass is 16.2. The van der Waals surface area contributed by atoms with Crippen molar-refractivity contribution in [2.24, 2.45) is 0 Å². The highest BCUT2D eigenvalue weighted by molar-refractivity contribution is 5.95. The number of aryl methyl sites for hydroxylation is 3. The van der Waals surface area contributed by atoms with Crippen LogP contribution in [0.25, 0.3) is 0 Å². The number of pyridine rings is 1. The molecule has 1 aromatic carbocycles. The Bertz CT molecular complexity index is 754. The van der Waals surface area contributed by atoms with E-state index in [0.717, 1.165) is 16.8 Å². The minimum atomic E-state index is -0.119. The van der Waals surface area contributed by atoms with Gasteiger partial charge in [0.25, 0.3) is 0 Å². The minimum absolute atomic E-state index is 0.119. The lowest BCUT2D eigenvalue weighted by molar-refractivity contribution is -0.114. The van der Waals surface area contributed by atoms with Gasteiger partial charge >= 0.3 is 0 Å². The van der Waals surface area contributed by atoms with Gasteiger partial charge in [-0.25, -0.2) is 4.98 Å². The zero-order valence-corrected chi connectivity index (χ0v) is 13.8. The molecule has 0 unspecified atom stereocenters. The van der Waals surface area contributed by atoms with Crippen molar-refractivity contribution in [3.63, 3.8) is 0 Å². The molecule has 2 rings (SSSR count). The summed E-state index contributed by atoms with van der Waals surface area (Å²) in [6, 6.07) is 9.46. The molecule has 118 valence electrons. The number of nitriles is 1. The van der Waals surface area contributed by atoms with Crippen LogP contribution in [0.15, 0.2) is 30.5 Å². The molecule has 1 N–H and O–H groups in total. The van der Waals surface area contributed by atoms with E-state index in [1.165, 1.54) is 5.56 Å². The van der Waals surface area contributed by atoms with Crippen LogP contribution in [0.5, 0.6) is 0 Å². The van der Waals surface area contributed by atoms with Crippen molar-refractivity contribution in [3.8, 4) is 6.07 Å². The number of nitrogens with zero attached hydrogens (tertiary/aromatic N) is 3. The van der Waals surface area contributed by atoms with Gasteiger partial charge in [-0.3, -0.25) is 4.79 Å². The van der Waals surface area contributed by atoms with Crippen LogP contribution in [0, 0.1) is 32.1 Å². The molecule has 0 aliphatic heterocycles. The molecule has 0 aliphatic rings. The van der Waals surface area contributed by atoms with E-state index in [2.05, 4.69) is 16.4 Å². The van der Waals surface area contributed by atoms with Gasteiger partial charge in [0.1, 0.15) is 5.82 Å². The molecule has 0 aliphatic carbocycles. The lowest BCUT2D eigenvalue weighted by Crippen LogP contribution is -2.31. The summed E-state index contributed by atoms with van der Waals surface area (Å²) < 4.78 is 0. The number of anilines is 2. The van der Waals surface area contributed by atoms with E-state index in [1.54, 1.807) is 30.3 Å². The van der Waals surface area contributed by atoms with E-state index >= 15 is 0 Å². The van der Waals surface area contributed by atoms with E-state index in [1.807, 2.05) is 32.9 Å². The van der Waals surface area contributed by atoms with Gasteiger partial charge in [0, 0.05) is 18.9 Å². The molecule has 1 heterocycles. The van der Waals surface area contributed by atoms with Crippen LogP contribution >= 0.6 is 0 Å². The van der Waals surface area contributed by atoms with Crippen LogP contribution in [0.2, 0.25) is 0 Å². The molecular weight excluding hydrogens is 288 g/mol. The van der Waals surface area contributed by atoms with Crippen LogP contribution < -0.4 is 10.2 Å². The predicted octanol–water partition coefficient (Wildman–Crippen LogP) is 2.95. The number of benzene rings is 1. The summed E-state index contributed by atoms with van der Waals surface area (Å²) in [5.74, 6) is 0.475. The third kappa shape index (κ3) is 4.07. The summed E-state index contributed by atoms with van der Waals surface area (Å²) in [5, 5.41) is 11.9. The normalized spacial score (nSPS) is 10.0. The number of hydrogen-bond donors (Lipinski definition) is 1. The smallest absolute Gasteiger partial charge is 0.243 e. The third-order valence-electron chi connectivity index (χ3n) is 3.59. The Morgan fingerprint density at radius 1 is 1.26 bits per heavy atom. The summed E-state index contributed by atoms with van der Waals surface area (Å²) in [7, 11) is 1.78. The third-order valence-corrected chi connectivity index (χ3v) is 3.59. The fourth-order valence-corrected chi connectivity index (χ4v) is 2.55. The maximum absolute atomic E-state index is 12.3. The molecule has 23 heavy (non-hydrogen) atoms. The summed E-state index contributed by atoms with van der Waals surface area (Å²) in [4.78, 5) is 18.2. The van der Waals surface area contributed by atoms with E-state index in [-0.39, 0.29) is 12.5 Å². The Hall–Kier alpha value is -2.87. The first-order valence-corrected chi connectivity index (χ1v) is 7.35. The van der Waals surface area contributed by atoms with Crippen LogP contribution in [-0.2, 0) is 4.79 Å². The summed E-state index contributed by atoms with van der Waals surface area (Å²) >= 11 is 0. The molecule has 1 aromatic heterocycles. The fourth-order valence-electron chi connectivity index (χ4n) is 2.55. The van der Waals surface area contributed by atoms with Crippen LogP contribution in [0.3, 0.4) is 0 Å². The van der Waals surface area contributed by atoms with Crippen molar-refractivity contribution < 1.29 is 4.79 Å². The zero-order valence-electron chi connectivity index (χ0n) is 13.8. The predicted molar refractivity (Wildman–Crippen MR) is 91.5 cm³/mol. The monoisotopic (exact) mass is 308 g/mol. The van der Waals surface area contributed by atoms with Crippen LogP contribution in [-0.4, -0.2) is 24.5 Å². The first-order chi connectivity index (χ1) is 10.9. The summed E-state index contributed by atoms with van der Waals surface area (Å²) in [6.45, 7) is 6.16. The highest BCUT2D eigenvalue weighted by Crippen LogP contribution is 2.22. The molecule has 2 aromatic rings. The Labute approximate surface area is 136 Å². The molecule has 5 heteroatoms. The number of nitrogens with one attached hydrogen (secondary N) is 1. The Kier molecular flexibility index (Phi) is 4.97. The fraction of sp³-hybridized carbons (Fsp3) is 0.278. The van der Waals surface area contributed by atoms with Crippen molar-refractivity contribution >= 4 is 17.4 Å². The first kappa shape index (κ1) is 16.5. The van der Waals surface area contributed by atoms with Gasteiger partial charge in [-0.1, -0.05) is 17.7 Å². The van der Waals surface area contributed by atoms with E-state index in [0.29, 0.717) is 11.4 Å². The molecule has 1 amide bonds. The van der Waals surface area contributed by atoms with Crippen molar-refractivity contribution in [3.05, 3.63) is 52.7 Å². The average molecular weight is 308 g/mol.